The first kappa shape index (κ1) is 27.1. The molecule has 214 valence electrons. The molecule has 1 aromatic heterocycles. The lowest BCUT2D eigenvalue weighted by atomic mass is 9.69. The Morgan fingerprint density at radius 3 is 2.24 bits per heavy atom. The number of benzene rings is 2. The molecule has 0 bridgehead atoms. The largest absolute Gasteiger partial charge is 0.465 e. The van der Waals surface area contributed by atoms with Gasteiger partial charge in [0.25, 0.3) is 5.56 Å². The molecule has 3 fully saturated rings. The number of urea groups is 1. The van der Waals surface area contributed by atoms with Crippen LogP contribution in [0.2, 0.25) is 0 Å². The van der Waals surface area contributed by atoms with Crippen molar-refractivity contribution >= 4 is 12.1 Å². The molecule has 8 nitrogen and oxygen atoms in total. The molecule has 2 aliphatic heterocycles. The van der Waals surface area contributed by atoms with Crippen molar-refractivity contribution in [3.63, 3.8) is 0 Å². The van der Waals surface area contributed by atoms with E-state index in [0.717, 1.165) is 48.8 Å². The average molecular weight is 555 g/mol. The Kier molecular flexibility index (Phi) is 7.56. The second-order valence-corrected chi connectivity index (χ2v) is 11.9. The van der Waals surface area contributed by atoms with E-state index in [1.54, 1.807) is 6.07 Å². The number of carbonyl (C=O) groups excluding carboxylic acids is 1. The van der Waals surface area contributed by atoms with Gasteiger partial charge in [-0.25, -0.2) is 9.59 Å². The predicted octanol–water partition coefficient (Wildman–Crippen LogP) is 5.55. The minimum absolute atomic E-state index is 0.00185. The van der Waals surface area contributed by atoms with Crippen molar-refractivity contribution in [2.45, 2.75) is 44.7 Å². The van der Waals surface area contributed by atoms with Gasteiger partial charge >= 0.3 is 12.1 Å². The van der Waals surface area contributed by atoms with E-state index in [4.69, 9.17) is 0 Å². The van der Waals surface area contributed by atoms with Gasteiger partial charge in [0.05, 0.1) is 6.04 Å². The van der Waals surface area contributed by atoms with Crippen LogP contribution in [0.25, 0.3) is 11.1 Å². The fourth-order valence-corrected chi connectivity index (χ4v) is 7.33. The molecule has 2 atom stereocenters. The number of hydrogen-bond donors (Lipinski definition) is 1. The van der Waals surface area contributed by atoms with Crippen molar-refractivity contribution in [1.82, 2.24) is 19.3 Å². The number of piperidine rings is 1. The molecule has 2 saturated heterocycles. The fraction of sp³-hybridized carbons (Fsp3) is 0.424. The van der Waals surface area contributed by atoms with Crippen LogP contribution in [0.5, 0.6) is 0 Å². The van der Waals surface area contributed by atoms with Crippen molar-refractivity contribution in [2.75, 3.05) is 32.7 Å². The Balaban J connectivity index is 1.20. The van der Waals surface area contributed by atoms with Crippen LogP contribution in [0.4, 0.5) is 9.59 Å². The lowest BCUT2D eigenvalue weighted by Gasteiger charge is -2.49. The highest BCUT2D eigenvalue weighted by atomic mass is 16.4. The number of amides is 3. The summed E-state index contributed by atoms with van der Waals surface area (Å²) < 4.78 is 1.85. The minimum atomic E-state index is -0.948. The summed E-state index contributed by atoms with van der Waals surface area (Å²) in [4.78, 5) is 44.3. The maximum Gasteiger partial charge on any atom is 0.407 e. The van der Waals surface area contributed by atoms with Crippen LogP contribution < -0.4 is 5.56 Å². The normalized spacial score (nSPS) is 22.2. The molecule has 2 aromatic carbocycles. The van der Waals surface area contributed by atoms with Gasteiger partial charge in [0.15, 0.2) is 0 Å². The zero-order chi connectivity index (χ0) is 28.4. The van der Waals surface area contributed by atoms with E-state index in [0.29, 0.717) is 38.6 Å². The van der Waals surface area contributed by atoms with Crippen LogP contribution in [0.15, 0.2) is 83.8 Å². The number of carboxylic acid groups (broad SMARTS) is 1. The molecule has 8 heteroatoms. The molecule has 0 radical (unpaired) electrons. The van der Waals surface area contributed by atoms with Gasteiger partial charge in [-0.2, -0.15) is 0 Å². The summed E-state index contributed by atoms with van der Waals surface area (Å²) in [7, 11) is 0. The molecule has 1 spiro atoms. The van der Waals surface area contributed by atoms with Crippen LogP contribution in [-0.2, 0) is 6.54 Å². The number of piperazine rings is 1. The van der Waals surface area contributed by atoms with Crippen molar-refractivity contribution in [2.24, 2.45) is 11.3 Å². The number of likely N-dealkylation sites (tertiary alicyclic amines) is 1. The smallest absolute Gasteiger partial charge is 0.407 e. The summed E-state index contributed by atoms with van der Waals surface area (Å²) >= 11 is 0. The van der Waals surface area contributed by atoms with Gasteiger partial charge in [-0.05, 0) is 53.4 Å². The molecule has 3 heterocycles. The summed E-state index contributed by atoms with van der Waals surface area (Å²) in [6.45, 7) is 2.96. The SMILES string of the molecule is O=C(O)N1CCN(C(=O)N2CCC(Cn3ccc(-c4ccccc4)cc3=O)C3(CCCC3)C2)C(c2ccccc2)C1. The molecule has 1 N–H and O–H groups in total. The van der Waals surface area contributed by atoms with E-state index in [9.17, 15) is 19.5 Å². The summed E-state index contributed by atoms with van der Waals surface area (Å²) in [5.41, 5.74) is 2.93. The Bertz CT molecular complexity index is 1430. The van der Waals surface area contributed by atoms with Crippen molar-refractivity contribution in [3.8, 4) is 11.1 Å². The number of pyridine rings is 1. The summed E-state index contributed by atoms with van der Waals surface area (Å²) in [5.74, 6) is 0.322. The van der Waals surface area contributed by atoms with Crippen LogP contribution in [-0.4, -0.2) is 69.2 Å². The first-order valence-corrected chi connectivity index (χ1v) is 14.8. The second kappa shape index (κ2) is 11.4. The van der Waals surface area contributed by atoms with Crippen LogP contribution in [0, 0.1) is 11.3 Å². The average Bonchev–Trinajstić information content (AvgIpc) is 3.48. The third-order valence-corrected chi connectivity index (χ3v) is 9.59. The zero-order valence-electron chi connectivity index (χ0n) is 23.4. The number of nitrogens with zero attached hydrogens (tertiary/aromatic N) is 4. The molecule has 1 aliphatic carbocycles. The number of rotatable bonds is 4. The molecule has 1 saturated carbocycles. The maximum absolute atomic E-state index is 14.1. The molecule has 41 heavy (non-hydrogen) atoms. The number of carbonyl (C=O) groups is 2. The third kappa shape index (κ3) is 5.47. The fourth-order valence-electron chi connectivity index (χ4n) is 7.33. The summed E-state index contributed by atoms with van der Waals surface area (Å²) in [6.07, 6.45) is 6.24. The molecular formula is C33H38N4O4. The Hall–Kier alpha value is -4.07. The Morgan fingerprint density at radius 1 is 0.854 bits per heavy atom. The molecule has 3 aromatic rings. The lowest BCUT2D eigenvalue weighted by Crippen LogP contribution is -2.59. The highest BCUT2D eigenvalue weighted by Crippen LogP contribution is 2.49. The Labute approximate surface area is 240 Å². The monoisotopic (exact) mass is 554 g/mol. The first-order valence-electron chi connectivity index (χ1n) is 14.8. The molecule has 6 rings (SSSR count). The van der Waals surface area contributed by atoms with E-state index in [-0.39, 0.29) is 29.6 Å². The van der Waals surface area contributed by atoms with Gasteiger partial charge in [0.1, 0.15) is 0 Å². The molecular weight excluding hydrogens is 516 g/mol. The van der Waals surface area contributed by atoms with Gasteiger partial charge in [-0.1, -0.05) is 73.5 Å². The van der Waals surface area contributed by atoms with Crippen LogP contribution in [0.1, 0.15) is 43.7 Å². The van der Waals surface area contributed by atoms with E-state index >= 15 is 0 Å². The third-order valence-electron chi connectivity index (χ3n) is 9.59. The summed E-state index contributed by atoms with van der Waals surface area (Å²) in [5, 5.41) is 9.65. The van der Waals surface area contributed by atoms with Crippen molar-refractivity contribution in [3.05, 3.63) is 94.9 Å². The second-order valence-electron chi connectivity index (χ2n) is 11.9. The maximum atomic E-state index is 14.1. The summed E-state index contributed by atoms with van der Waals surface area (Å²) in [6, 6.07) is 23.2. The molecule has 3 amide bonds. The van der Waals surface area contributed by atoms with Crippen molar-refractivity contribution < 1.29 is 14.7 Å². The van der Waals surface area contributed by atoms with E-state index in [2.05, 4.69) is 0 Å². The quantitative estimate of drug-likeness (QED) is 0.458. The van der Waals surface area contributed by atoms with Crippen molar-refractivity contribution in [1.29, 1.82) is 0 Å². The van der Waals surface area contributed by atoms with Gasteiger partial charge in [-0.15, -0.1) is 0 Å². The van der Waals surface area contributed by atoms with E-state index in [1.807, 2.05) is 87.3 Å². The lowest BCUT2D eigenvalue weighted by molar-refractivity contribution is 0.0161. The minimum Gasteiger partial charge on any atom is -0.465 e. The van der Waals surface area contributed by atoms with E-state index < -0.39 is 6.09 Å². The molecule has 3 aliphatic rings. The van der Waals surface area contributed by atoms with Crippen LogP contribution in [0.3, 0.4) is 0 Å². The van der Waals surface area contributed by atoms with E-state index in [1.165, 1.54) is 4.90 Å². The Morgan fingerprint density at radius 2 is 1.56 bits per heavy atom. The first-order chi connectivity index (χ1) is 19.9. The highest BCUT2D eigenvalue weighted by molar-refractivity contribution is 5.76. The predicted molar refractivity (Wildman–Crippen MR) is 158 cm³/mol. The number of hydrogen-bond acceptors (Lipinski definition) is 3. The van der Waals surface area contributed by atoms with Crippen LogP contribution >= 0.6 is 0 Å². The highest BCUT2D eigenvalue weighted by Gasteiger charge is 2.47. The standard InChI is InChI=1S/C33H38N4O4/c38-30-21-27(25-9-3-1-4-10-25)13-17-34(30)22-28-14-18-36(24-33(28)15-7-8-16-33)31(39)37-20-19-35(32(40)41)23-29(37)26-11-5-2-6-12-26/h1-6,9-13,17,21,28-29H,7-8,14-16,18-20,22-24H2,(H,40,41). The number of aromatic nitrogens is 1. The topological polar surface area (TPSA) is 86.1 Å². The van der Waals surface area contributed by atoms with Gasteiger partial charge < -0.3 is 24.4 Å². The van der Waals surface area contributed by atoms with Gasteiger partial charge in [-0.3, -0.25) is 4.79 Å². The van der Waals surface area contributed by atoms with Gasteiger partial charge in [0.2, 0.25) is 0 Å². The zero-order valence-corrected chi connectivity index (χ0v) is 23.4. The van der Waals surface area contributed by atoms with Gasteiger partial charge in [0, 0.05) is 51.5 Å². The molecule has 2 unspecified atom stereocenters.